The van der Waals surface area contributed by atoms with Crippen molar-refractivity contribution in [3.05, 3.63) is 69.1 Å². The molecule has 0 aliphatic carbocycles. The van der Waals surface area contributed by atoms with E-state index in [-0.39, 0.29) is 18.3 Å². The van der Waals surface area contributed by atoms with Crippen LogP contribution in [0.4, 0.5) is 5.69 Å². The minimum absolute atomic E-state index is 0.282. The summed E-state index contributed by atoms with van der Waals surface area (Å²) in [5.74, 6) is 0.309. The largest absolute Gasteiger partial charge is 0.473 e. The van der Waals surface area contributed by atoms with E-state index < -0.39 is 0 Å². The van der Waals surface area contributed by atoms with E-state index >= 15 is 0 Å². The number of ether oxygens (including phenoxy) is 2. The summed E-state index contributed by atoms with van der Waals surface area (Å²) >= 11 is 0. The molecule has 3 aromatic rings. The van der Waals surface area contributed by atoms with Crippen molar-refractivity contribution < 1.29 is 18.7 Å². The second kappa shape index (κ2) is 7.03. The van der Waals surface area contributed by atoms with Gasteiger partial charge in [0.05, 0.1) is 30.0 Å². The number of carbonyl (C=O) groups excluding carboxylic acids is 1. The third-order valence-corrected chi connectivity index (χ3v) is 5.15. The lowest BCUT2D eigenvalue weighted by Gasteiger charge is -2.32. The van der Waals surface area contributed by atoms with Crippen molar-refractivity contribution >= 4 is 22.6 Å². The van der Waals surface area contributed by atoms with E-state index in [0.29, 0.717) is 35.6 Å². The Labute approximate surface area is 162 Å². The van der Waals surface area contributed by atoms with Crippen molar-refractivity contribution in [1.29, 1.82) is 0 Å². The Kier molecular flexibility index (Phi) is 4.55. The van der Waals surface area contributed by atoms with Crippen molar-refractivity contribution in [3.63, 3.8) is 0 Å². The van der Waals surface area contributed by atoms with Gasteiger partial charge in [0, 0.05) is 10.9 Å². The second-order valence-electron chi connectivity index (χ2n) is 6.77. The van der Waals surface area contributed by atoms with E-state index in [1.165, 1.54) is 0 Å². The minimum Gasteiger partial charge on any atom is -0.473 e. The highest BCUT2D eigenvalue weighted by Crippen LogP contribution is 2.36. The van der Waals surface area contributed by atoms with Gasteiger partial charge in [0.15, 0.2) is 6.73 Å². The summed E-state index contributed by atoms with van der Waals surface area (Å²) in [6.45, 7) is 6.50. The van der Waals surface area contributed by atoms with Crippen LogP contribution in [-0.4, -0.2) is 19.3 Å². The molecule has 0 amide bonds. The van der Waals surface area contributed by atoms with Gasteiger partial charge in [-0.1, -0.05) is 12.1 Å². The number of rotatable bonds is 3. The molecule has 0 N–H and O–H groups in total. The third-order valence-electron chi connectivity index (χ3n) is 5.15. The van der Waals surface area contributed by atoms with Gasteiger partial charge in [0.1, 0.15) is 11.3 Å². The quantitative estimate of drug-likeness (QED) is 0.507. The molecule has 0 unspecified atom stereocenters. The van der Waals surface area contributed by atoms with E-state index in [1.807, 2.05) is 36.1 Å². The molecule has 0 spiro atoms. The number of para-hydroxylation sites is 1. The molecule has 144 valence electrons. The van der Waals surface area contributed by atoms with Gasteiger partial charge in [-0.15, -0.1) is 0 Å². The Morgan fingerprint density at radius 1 is 1.14 bits per heavy atom. The lowest BCUT2D eigenvalue weighted by molar-refractivity contribution is 0.0527. The van der Waals surface area contributed by atoms with Crippen molar-refractivity contribution in [1.82, 2.24) is 0 Å². The van der Waals surface area contributed by atoms with Crippen LogP contribution >= 0.6 is 0 Å². The number of carbonyl (C=O) groups is 1. The van der Waals surface area contributed by atoms with Crippen LogP contribution in [0.1, 0.15) is 34.0 Å². The number of nitrogens with zero attached hydrogens (tertiary/aromatic N) is 1. The molecule has 2 aromatic carbocycles. The topological polar surface area (TPSA) is 69.0 Å². The Bertz CT molecular complexity index is 1130. The molecule has 0 radical (unpaired) electrons. The van der Waals surface area contributed by atoms with E-state index in [0.717, 1.165) is 22.2 Å². The van der Waals surface area contributed by atoms with E-state index in [9.17, 15) is 9.59 Å². The Balaban J connectivity index is 1.81. The molecular weight excluding hydrogens is 358 g/mol. The van der Waals surface area contributed by atoms with E-state index in [2.05, 4.69) is 0 Å². The van der Waals surface area contributed by atoms with Crippen LogP contribution in [0, 0.1) is 13.8 Å². The van der Waals surface area contributed by atoms with Crippen LogP contribution in [-0.2, 0) is 11.3 Å². The summed E-state index contributed by atoms with van der Waals surface area (Å²) in [6.07, 6.45) is 0. The van der Waals surface area contributed by atoms with Gasteiger partial charge in [-0.25, -0.2) is 9.59 Å². The van der Waals surface area contributed by atoms with Crippen LogP contribution in [0.25, 0.3) is 11.0 Å². The zero-order chi connectivity index (χ0) is 19.8. The van der Waals surface area contributed by atoms with Crippen LogP contribution in [0.15, 0.2) is 45.6 Å². The molecule has 1 aliphatic rings. The fourth-order valence-electron chi connectivity index (χ4n) is 3.50. The molecule has 0 saturated heterocycles. The number of anilines is 1. The second-order valence-corrected chi connectivity index (χ2v) is 6.77. The molecular formula is C22H21NO5. The molecule has 28 heavy (non-hydrogen) atoms. The predicted molar refractivity (Wildman–Crippen MR) is 106 cm³/mol. The Hall–Kier alpha value is -3.28. The maximum absolute atomic E-state index is 12.3. The lowest BCUT2D eigenvalue weighted by Crippen LogP contribution is -2.33. The van der Waals surface area contributed by atoms with Crippen molar-refractivity contribution in [2.75, 3.05) is 18.2 Å². The maximum Gasteiger partial charge on any atom is 0.340 e. The summed E-state index contributed by atoms with van der Waals surface area (Å²) < 4.78 is 16.7. The number of hydrogen-bond donors (Lipinski definition) is 0. The van der Waals surface area contributed by atoms with Gasteiger partial charge in [0.25, 0.3) is 0 Å². The van der Waals surface area contributed by atoms with Gasteiger partial charge >= 0.3 is 11.6 Å². The van der Waals surface area contributed by atoms with Crippen molar-refractivity contribution in [3.8, 4) is 5.75 Å². The number of aryl methyl sites for hydroxylation is 1. The number of fused-ring (bicyclic) bond motifs is 3. The Morgan fingerprint density at radius 3 is 2.71 bits per heavy atom. The van der Waals surface area contributed by atoms with Crippen LogP contribution in [0.5, 0.6) is 5.75 Å². The lowest BCUT2D eigenvalue weighted by atomic mass is 10.0. The normalized spacial score (nSPS) is 13.2. The molecule has 6 nitrogen and oxygen atoms in total. The Morgan fingerprint density at radius 2 is 1.93 bits per heavy atom. The number of esters is 1. The molecule has 4 rings (SSSR count). The van der Waals surface area contributed by atoms with Gasteiger partial charge in [0.2, 0.25) is 0 Å². The standard InChI is InChI=1S/C22H21NO5/c1-4-26-22(25)16-7-5-6-8-18(16)23-11-17-19(27-12-23)10-9-15-13(2)14(3)21(24)28-20(15)17/h5-10H,4,11-12H2,1-3H3. The summed E-state index contributed by atoms with van der Waals surface area (Å²) in [6, 6.07) is 11.1. The molecule has 1 aliphatic heterocycles. The SMILES string of the molecule is CCOC(=O)c1ccccc1N1COc2ccc3c(C)c(C)c(=O)oc3c2C1. The highest BCUT2D eigenvalue weighted by molar-refractivity contribution is 5.96. The van der Waals surface area contributed by atoms with Gasteiger partial charge < -0.3 is 18.8 Å². The van der Waals surface area contributed by atoms with Crippen LogP contribution < -0.4 is 15.3 Å². The first kappa shape index (κ1) is 18.1. The summed E-state index contributed by atoms with van der Waals surface area (Å²) in [5, 5.41) is 0.889. The first-order valence-electron chi connectivity index (χ1n) is 9.21. The van der Waals surface area contributed by atoms with Crippen LogP contribution in [0.3, 0.4) is 0 Å². The molecule has 1 aromatic heterocycles. The zero-order valence-electron chi connectivity index (χ0n) is 16.1. The average molecular weight is 379 g/mol. The first-order valence-corrected chi connectivity index (χ1v) is 9.21. The van der Waals surface area contributed by atoms with E-state index in [4.69, 9.17) is 13.9 Å². The molecule has 0 bridgehead atoms. The van der Waals surface area contributed by atoms with Gasteiger partial charge in [-0.3, -0.25) is 0 Å². The maximum atomic E-state index is 12.3. The molecule has 0 fully saturated rings. The summed E-state index contributed by atoms with van der Waals surface area (Å²) in [4.78, 5) is 26.5. The molecule has 0 saturated carbocycles. The summed E-state index contributed by atoms with van der Waals surface area (Å²) in [5.41, 5.74) is 3.68. The van der Waals surface area contributed by atoms with Gasteiger partial charge in [-0.2, -0.15) is 0 Å². The van der Waals surface area contributed by atoms with E-state index in [1.54, 1.807) is 26.0 Å². The number of benzene rings is 2. The average Bonchev–Trinajstić information content (AvgIpc) is 2.72. The zero-order valence-corrected chi connectivity index (χ0v) is 16.1. The fourth-order valence-corrected chi connectivity index (χ4v) is 3.50. The van der Waals surface area contributed by atoms with Crippen molar-refractivity contribution in [2.24, 2.45) is 0 Å². The first-order chi connectivity index (χ1) is 13.5. The highest BCUT2D eigenvalue weighted by atomic mass is 16.5. The third kappa shape index (κ3) is 2.91. The minimum atomic E-state index is -0.375. The molecule has 2 heterocycles. The van der Waals surface area contributed by atoms with Crippen LogP contribution in [0.2, 0.25) is 0 Å². The van der Waals surface area contributed by atoms with Crippen molar-refractivity contribution in [2.45, 2.75) is 27.3 Å². The molecule has 6 heteroatoms. The predicted octanol–water partition coefficient (Wildman–Crippen LogP) is 3.94. The smallest absolute Gasteiger partial charge is 0.340 e. The molecule has 0 atom stereocenters. The highest BCUT2D eigenvalue weighted by Gasteiger charge is 2.25. The number of hydrogen-bond acceptors (Lipinski definition) is 6. The monoisotopic (exact) mass is 379 g/mol. The van der Waals surface area contributed by atoms with Gasteiger partial charge in [-0.05, 0) is 50.6 Å². The fraction of sp³-hybridized carbons (Fsp3) is 0.273. The summed E-state index contributed by atoms with van der Waals surface area (Å²) in [7, 11) is 0.